The van der Waals surface area contributed by atoms with Gasteiger partial charge in [0.1, 0.15) is 12.1 Å². The predicted octanol–water partition coefficient (Wildman–Crippen LogP) is 1.36. The molecule has 0 aromatic carbocycles. The van der Waals surface area contributed by atoms with Crippen molar-refractivity contribution in [1.82, 2.24) is 9.97 Å². The number of hydrogen-bond acceptors (Lipinski definition) is 5. The number of methoxy groups -OCH3 is 1. The first-order chi connectivity index (χ1) is 8.24. The van der Waals surface area contributed by atoms with Crippen LogP contribution in [-0.2, 0) is 0 Å². The van der Waals surface area contributed by atoms with E-state index in [1.807, 2.05) is 6.92 Å². The molecular weight excluding hydrogens is 216 g/mol. The van der Waals surface area contributed by atoms with E-state index in [4.69, 9.17) is 10.5 Å². The van der Waals surface area contributed by atoms with Crippen molar-refractivity contribution in [3.05, 3.63) is 11.9 Å². The highest BCUT2D eigenvalue weighted by Crippen LogP contribution is 2.23. The molecule has 2 N–H and O–H groups in total. The average molecular weight is 238 g/mol. The molecule has 1 aromatic heterocycles. The molecule has 1 rings (SSSR count). The molecule has 0 atom stereocenters. The molecule has 1 heterocycles. The van der Waals surface area contributed by atoms with Crippen molar-refractivity contribution >= 4 is 5.82 Å². The van der Waals surface area contributed by atoms with E-state index in [0.29, 0.717) is 12.4 Å². The van der Waals surface area contributed by atoms with Crippen LogP contribution in [0.5, 0.6) is 5.88 Å². The van der Waals surface area contributed by atoms with Gasteiger partial charge in [0.2, 0.25) is 5.88 Å². The molecule has 0 aliphatic carbocycles. The van der Waals surface area contributed by atoms with Crippen molar-refractivity contribution < 1.29 is 4.74 Å². The summed E-state index contributed by atoms with van der Waals surface area (Å²) in [4.78, 5) is 10.7. The molecule has 17 heavy (non-hydrogen) atoms. The van der Waals surface area contributed by atoms with Gasteiger partial charge in [-0.15, -0.1) is 0 Å². The van der Waals surface area contributed by atoms with Crippen LogP contribution in [0.15, 0.2) is 6.33 Å². The lowest BCUT2D eigenvalue weighted by Gasteiger charge is -2.24. The van der Waals surface area contributed by atoms with Gasteiger partial charge in [-0.05, 0) is 26.3 Å². The molecule has 0 unspecified atom stereocenters. The summed E-state index contributed by atoms with van der Waals surface area (Å²) in [5.74, 6) is 1.59. The van der Waals surface area contributed by atoms with E-state index in [-0.39, 0.29) is 0 Å². The van der Waals surface area contributed by atoms with E-state index in [1.54, 1.807) is 13.4 Å². The Morgan fingerprint density at radius 3 is 2.71 bits per heavy atom. The standard InChI is InChI=1S/C12H22N4O/c1-4-7-16(8-5-6-13)11-10(2)12(17-3)15-9-14-11/h9H,4-8,13H2,1-3H3. The summed E-state index contributed by atoms with van der Waals surface area (Å²) in [6, 6.07) is 0. The summed E-state index contributed by atoms with van der Waals surface area (Å²) < 4.78 is 5.22. The molecule has 0 saturated heterocycles. The van der Waals surface area contributed by atoms with Crippen LogP contribution >= 0.6 is 0 Å². The van der Waals surface area contributed by atoms with Crippen molar-refractivity contribution in [2.45, 2.75) is 26.7 Å². The molecule has 0 spiro atoms. The quantitative estimate of drug-likeness (QED) is 0.777. The average Bonchev–Trinajstić information content (AvgIpc) is 2.35. The Morgan fingerprint density at radius 2 is 2.12 bits per heavy atom. The Kier molecular flexibility index (Phi) is 5.69. The van der Waals surface area contributed by atoms with Crippen LogP contribution in [-0.4, -0.2) is 36.7 Å². The third-order valence-corrected chi connectivity index (χ3v) is 2.63. The second-order valence-corrected chi connectivity index (χ2v) is 3.96. The largest absolute Gasteiger partial charge is 0.481 e. The molecule has 0 amide bonds. The predicted molar refractivity (Wildman–Crippen MR) is 69.5 cm³/mol. The van der Waals surface area contributed by atoms with E-state index in [2.05, 4.69) is 21.8 Å². The molecule has 0 bridgehead atoms. The first-order valence-electron chi connectivity index (χ1n) is 6.05. The van der Waals surface area contributed by atoms with E-state index in [1.165, 1.54) is 0 Å². The second kappa shape index (κ2) is 7.06. The lowest BCUT2D eigenvalue weighted by Crippen LogP contribution is -2.28. The molecule has 0 saturated carbocycles. The second-order valence-electron chi connectivity index (χ2n) is 3.96. The summed E-state index contributed by atoms with van der Waals surface area (Å²) in [5.41, 5.74) is 6.55. The number of anilines is 1. The van der Waals surface area contributed by atoms with Crippen LogP contribution in [0, 0.1) is 6.92 Å². The first-order valence-corrected chi connectivity index (χ1v) is 6.05. The van der Waals surface area contributed by atoms with E-state index < -0.39 is 0 Å². The van der Waals surface area contributed by atoms with Gasteiger partial charge in [0.15, 0.2) is 0 Å². The van der Waals surface area contributed by atoms with Gasteiger partial charge in [-0.2, -0.15) is 0 Å². The van der Waals surface area contributed by atoms with E-state index >= 15 is 0 Å². The SMILES string of the molecule is CCCN(CCCN)c1ncnc(OC)c1C. The van der Waals surface area contributed by atoms with Gasteiger partial charge in [-0.25, -0.2) is 9.97 Å². The van der Waals surface area contributed by atoms with Crippen LogP contribution in [0.3, 0.4) is 0 Å². The van der Waals surface area contributed by atoms with Crippen LogP contribution in [0.25, 0.3) is 0 Å². The maximum Gasteiger partial charge on any atom is 0.221 e. The Labute approximate surface area is 103 Å². The number of rotatable bonds is 7. The third kappa shape index (κ3) is 3.56. The van der Waals surface area contributed by atoms with Crippen LogP contribution in [0.2, 0.25) is 0 Å². The summed E-state index contributed by atoms with van der Waals surface area (Å²) in [5, 5.41) is 0. The Morgan fingerprint density at radius 1 is 1.35 bits per heavy atom. The zero-order valence-electron chi connectivity index (χ0n) is 10.9. The first kappa shape index (κ1) is 13.7. The van der Waals surface area contributed by atoms with Gasteiger partial charge < -0.3 is 15.4 Å². The maximum absolute atomic E-state index is 5.56. The molecule has 0 aliphatic rings. The number of hydrogen-bond donors (Lipinski definition) is 1. The van der Waals surface area contributed by atoms with Gasteiger partial charge in [-0.1, -0.05) is 6.92 Å². The minimum absolute atomic E-state index is 0.642. The number of ether oxygens (including phenoxy) is 1. The Bertz CT molecular complexity index is 343. The summed E-state index contributed by atoms with van der Waals surface area (Å²) in [6.45, 7) is 6.73. The zero-order chi connectivity index (χ0) is 12.7. The lowest BCUT2D eigenvalue weighted by atomic mass is 10.2. The zero-order valence-corrected chi connectivity index (χ0v) is 10.9. The maximum atomic E-state index is 5.56. The van der Waals surface area contributed by atoms with Crippen LogP contribution < -0.4 is 15.4 Å². The fourth-order valence-electron chi connectivity index (χ4n) is 1.83. The molecule has 0 aliphatic heterocycles. The molecule has 5 heteroatoms. The van der Waals surface area contributed by atoms with Crippen molar-refractivity contribution in [3.63, 3.8) is 0 Å². The topological polar surface area (TPSA) is 64.3 Å². The van der Waals surface area contributed by atoms with Crippen molar-refractivity contribution in [2.75, 3.05) is 31.6 Å². The number of nitrogens with zero attached hydrogens (tertiary/aromatic N) is 3. The highest BCUT2D eigenvalue weighted by molar-refractivity contribution is 5.50. The van der Waals surface area contributed by atoms with E-state index in [0.717, 1.165) is 37.3 Å². The smallest absolute Gasteiger partial charge is 0.221 e. The fraction of sp³-hybridized carbons (Fsp3) is 0.667. The molecule has 0 radical (unpaired) electrons. The minimum atomic E-state index is 0.642. The number of nitrogens with two attached hydrogens (primary N) is 1. The minimum Gasteiger partial charge on any atom is -0.481 e. The summed E-state index contributed by atoms with van der Waals surface area (Å²) in [7, 11) is 1.63. The third-order valence-electron chi connectivity index (χ3n) is 2.63. The van der Waals surface area contributed by atoms with Gasteiger partial charge in [0, 0.05) is 13.1 Å². The summed E-state index contributed by atoms with van der Waals surface area (Å²) in [6.07, 6.45) is 3.59. The molecule has 96 valence electrons. The van der Waals surface area contributed by atoms with Crippen molar-refractivity contribution in [3.8, 4) is 5.88 Å². The highest BCUT2D eigenvalue weighted by atomic mass is 16.5. The Balaban J connectivity index is 2.92. The van der Waals surface area contributed by atoms with Crippen molar-refractivity contribution in [2.24, 2.45) is 5.73 Å². The normalized spacial score (nSPS) is 10.4. The van der Waals surface area contributed by atoms with Gasteiger partial charge >= 0.3 is 0 Å². The summed E-state index contributed by atoms with van der Waals surface area (Å²) >= 11 is 0. The van der Waals surface area contributed by atoms with Crippen LogP contribution in [0.4, 0.5) is 5.82 Å². The van der Waals surface area contributed by atoms with Crippen molar-refractivity contribution in [1.29, 1.82) is 0 Å². The lowest BCUT2D eigenvalue weighted by molar-refractivity contribution is 0.393. The van der Waals surface area contributed by atoms with Crippen LogP contribution in [0.1, 0.15) is 25.3 Å². The highest BCUT2D eigenvalue weighted by Gasteiger charge is 2.13. The fourth-order valence-corrected chi connectivity index (χ4v) is 1.83. The molecule has 5 nitrogen and oxygen atoms in total. The van der Waals surface area contributed by atoms with Gasteiger partial charge in [0.25, 0.3) is 0 Å². The molecule has 1 aromatic rings. The monoisotopic (exact) mass is 238 g/mol. The van der Waals surface area contributed by atoms with Gasteiger partial charge in [0.05, 0.1) is 12.7 Å². The van der Waals surface area contributed by atoms with Gasteiger partial charge in [-0.3, -0.25) is 0 Å². The Hall–Kier alpha value is -1.36. The number of aromatic nitrogens is 2. The van der Waals surface area contributed by atoms with E-state index in [9.17, 15) is 0 Å². The molecular formula is C12H22N4O. The molecule has 0 fully saturated rings.